The number of amides is 1. The Balaban J connectivity index is 1.48. The van der Waals surface area contributed by atoms with Crippen LogP contribution in [0.4, 0.5) is 0 Å². The number of morpholine rings is 1. The summed E-state index contributed by atoms with van der Waals surface area (Å²) in [5, 5.41) is 9.92. The number of carbonyl (C=O) groups excluding carboxylic acids is 1. The number of rotatable bonds is 4. The molecule has 7 heteroatoms. The number of carboxylic acid groups (broad SMARTS) is 1. The van der Waals surface area contributed by atoms with E-state index in [2.05, 4.69) is 4.90 Å². The Morgan fingerprint density at radius 3 is 2.77 bits per heavy atom. The smallest absolute Gasteiger partial charge is 0.315 e. The summed E-state index contributed by atoms with van der Waals surface area (Å²) in [6.45, 7) is 4.55. The third-order valence-corrected chi connectivity index (χ3v) is 5.85. The number of nitrogens with zero attached hydrogens (tertiary/aromatic N) is 2. The molecular weight excluding hydrogens is 336 g/mol. The number of carbonyl (C=O) groups is 2. The van der Waals surface area contributed by atoms with Crippen LogP contribution in [-0.4, -0.2) is 79.3 Å². The van der Waals surface area contributed by atoms with Crippen molar-refractivity contribution in [2.24, 2.45) is 5.41 Å². The normalized spacial score (nSPS) is 28.2. The molecule has 3 aliphatic rings. The van der Waals surface area contributed by atoms with Crippen LogP contribution >= 0.6 is 0 Å². The van der Waals surface area contributed by atoms with Gasteiger partial charge in [0.05, 0.1) is 13.2 Å². The molecule has 3 heterocycles. The van der Waals surface area contributed by atoms with Crippen molar-refractivity contribution in [2.45, 2.75) is 12.3 Å². The molecule has 2 saturated heterocycles. The van der Waals surface area contributed by atoms with Crippen molar-refractivity contribution in [2.75, 3.05) is 52.5 Å². The van der Waals surface area contributed by atoms with Crippen molar-refractivity contribution < 1.29 is 24.2 Å². The van der Waals surface area contributed by atoms with E-state index in [0.717, 1.165) is 24.4 Å². The van der Waals surface area contributed by atoms with Crippen LogP contribution in [0.2, 0.25) is 0 Å². The SMILES string of the molecule is O=C(CCN1CCOCC1)N1C[C@H]2c3ccccc3OC[C@@]2(C(=O)O)C1. The number of carboxylic acids is 1. The summed E-state index contributed by atoms with van der Waals surface area (Å²) < 4.78 is 11.1. The van der Waals surface area contributed by atoms with Gasteiger partial charge in [-0.15, -0.1) is 0 Å². The summed E-state index contributed by atoms with van der Waals surface area (Å²) in [6, 6.07) is 7.55. The monoisotopic (exact) mass is 360 g/mol. The lowest BCUT2D eigenvalue weighted by Gasteiger charge is -2.35. The van der Waals surface area contributed by atoms with Gasteiger partial charge in [-0.2, -0.15) is 0 Å². The first-order valence-electron chi connectivity index (χ1n) is 9.13. The fraction of sp³-hybridized carbons (Fsp3) is 0.579. The molecule has 1 N–H and O–H groups in total. The molecule has 4 rings (SSSR count). The zero-order valence-corrected chi connectivity index (χ0v) is 14.7. The fourth-order valence-corrected chi connectivity index (χ4v) is 4.26. The van der Waals surface area contributed by atoms with Crippen LogP contribution in [0.15, 0.2) is 24.3 Å². The van der Waals surface area contributed by atoms with Gasteiger partial charge >= 0.3 is 5.97 Å². The molecule has 1 aromatic rings. The fourth-order valence-electron chi connectivity index (χ4n) is 4.26. The Morgan fingerprint density at radius 2 is 2.00 bits per heavy atom. The molecule has 0 radical (unpaired) electrons. The molecule has 0 aromatic heterocycles. The van der Waals surface area contributed by atoms with Crippen molar-refractivity contribution in [3.05, 3.63) is 29.8 Å². The van der Waals surface area contributed by atoms with E-state index in [9.17, 15) is 14.7 Å². The Bertz CT molecular complexity index is 703. The number of ether oxygens (including phenoxy) is 2. The number of benzene rings is 1. The molecule has 0 unspecified atom stereocenters. The number of hydrogen-bond donors (Lipinski definition) is 1. The molecule has 7 nitrogen and oxygen atoms in total. The molecular formula is C19H24N2O5. The number of fused-ring (bicyclic) bond motifs is 3. The summed E-state index contributed by atoms with van der Waals surface area (Å²) in [5.74, 6) is -0.362. The van der Waals surface area contributed by atoms with E-state index in [-0.39, 0.29) is 25.0 Å². The average Bonchev–Trinajstić information content (AvgIpc) is 3.09. The van der Waals surface area contributed by atoms with Gasteiger partial charge in [0.2, 0.25) is 5.91 Å². The molecule has 3 aliphatic heterocycles. The van der Waals surface area contributed by atoms with Crippen LogP contribution in [0, 0.1) is 5.41 Å². The number of para-hydroxylation sites is 1. The summed E-state index contributed by atoms with van der Waals surface area (Å²) in [4.78, 5) is 28.8. The molecule has 0 aliphatic carbocycles. The van der Waals surface area contributed by atoms with Gasteiger partial charge < -0.3 is 19.5 Å². The minimum Gasteiger partial charge on any atom is -0.492 e. The molecule has 1 amide bonds. The lowest BCUT2D eigenvalue weighted by molar-refractivity contribution is -0.152. The highest BCUT2D eigenvalue weighted by Crippen LogP contribution is 2.49. The first-order valence-corrected chi connectivity index (χ1v) is 9.13. The van der Waals surface area contributed by atoms with Crippen LogP contribution < -0.4 is 4.74 Å². The van der Waals surface area contributed by atoms with Gasteiger partial charge in [0, 0.05) is 50.6 Å². The highest BCUT2D eigenvalue weighted by Gasteiger charge is 2.57. The van der Waals surface area contributed by atoms with Gasteiger partial charge in [-0.05, 0) is 6.07 Å². The van der Waals surface area contributed by atoms with Crippen LogP contribution in [-0.2, 0) is 14.3 Å². The number of aliphatic carboxylic acids is 1. The Hall–Kier alpha value is -2.12. The van der Waals surface area contributed by atoms with Crippen molar-refractivity contribution in [3.8, 4) is 5.75 Å². The van der Waals surface area contributed by atoms with E-state index < -0.39 is 11.4 Å². The molecule has 0 bridgehead atoms. The van der Waals surface area contributed by atoms with Crippen molar-refractivity contribution >= 4 is 11.9 Å². The third kappa shape index (κ3) is 2.95. The van der Waals surface area contributed by atoms with Crippen molar-refractivity contribution in [1.29, 1.82) is 0 Å². The Labute approximate surface area is 152 Å². The van der Waals surface area contributed by atoms with Crippen LogP contribution in [0.1, 0.15) is 17.9 Å². The first-order chi connectivity index (χ1) is 12.6. The topological polar surface area (TPSA) is 79.3 Å². The van der Waals surface area contributed by atoms with E-state index in [4.69, 9.17) is 9.47 Å². The third-order valence-electron chi connectivity index (χ3n) is 5.85. The minimum absolute atomic E-state index is 0.0176. The maximum atomic E-state index is 12.7. The highest BCUT2D eigenvalue weighted by molar-refractivity contribution is 5.83. The second-order valence-electron chi connectivity index (χ2n) is 7.32. The maximum Gasteiger partial charge on any atom is 0.315 e. The Kier molecular flexibility index (Phi) is 4.58. The second kappa shape index (κ2) is 6.89. The lowest BCUT2D eigenvalue weighted by atomic mass is 9.73. The Morgan fingerprint density at radius 1 is 1.23 bits per heavy atom. The maximum absolute atomic E-state index is 12.7. The number of hydrogen-bond acceptors (Lipinski definition) is 5. The van der Waals surface area contributed by atoms with Gasteiger partial charge in [-0.1, -0.05) is 18.2 Å². The quantitative estimate of drug-likeness (QED) is 0.856. The highest BCUT2D eigenvalue weighted by atomic mass is 16.5. The molecule has 0 saturated carbocycles. The van der Waals surface area contributed by atoms with Crippen molar-refractivity contribution in [1.82, 2.24) is 9.80 Å². The standard InChI is InChI=1S/C19H24N2O5/c22-17(5-6-20-7-9-25-10-8-20)21-11-15-14-3-1-2-4-16(14)26-13-19(15,12-21)18(23)24/h1-4,15H,5-13H2,(H,23,24)/t15-,19-/m0/s1. The van der Waals surface area contributed by atoms with Gasteiger partial charge in [-0.3, -0.25) is 14.5 Å². The van der Waals surface area contributed by atoms with E-state index in [1.54, 1.807) is 4.90 Å². The molecule has 140 valence electrons. The molecule has 2 fully saturated rings. The number of likely N-dealkylation sites (tertiary alicyclic amines) is 1. The van der Waals surface area contributed by atoms with Gasteiger partial charge in [0.25, 0.3) is 0 Å². The van der Waals surface area contributed by atoms with E-state index in [1.807, 2.05) is 24.3 Å². The predicted octanol–water partition coefficient (Wildman–Crippen LogP) is 0.798. The minimum atomic E-state index is -1.05. The summed E-state index contributed by atoms with van der Waals surface area (Å²) in [7, 11) is 0. The van der Waals surface area contributed by atoms with Crippen molar-refractivity contribution in [3.63, 3.8) is 0 Å². The second-order valence-corrected chi connectivity index (χ2v) is 7.32. The predicted molar refractivity (Wildman–Crippen MR) is 93.2 cm³/mol. The van der Waals surface area contributed by atoms with Gasteiger partial charge in [0.1, 0.15) is 17.8 Å². The van der Waals surface area contributed by atoms with Gasteiger partial charge in [-0.25, -0.2) is 0 Å². The van der Waals surface area contributed by atoms with E-state index in [1.165, 1.54) is 0 Å². The zero-order valence-electron chi connectivity index (χ0n) is 14.7. The molecule has 1 aromatic carbocycles. The van der Waals surface area contributed by atoms with Crippen LogP contribution in [0.3, 0.4) is 0 Å². The molecule has 0 spiro atoms. The van der Waals surface area contributed by atoms with E-state index in [0.29, 0.717) is 32.7 Å². The molecule has 2 atom stereocenters. The lowest BCUT2D eigenvalue weighted by Crippen LogP contribution is -2.46. The summed E-state index contributed by atoms with van der Waals surface area (Å²) >= 11 is 0. The van der Waals surface area contributed by atoms with Gasteiger partial charge in [0.15, 0.2) is 0 Å². The largest absolute Gasteiger partial charge is 0.492 e. The molecule has 26 heavy (non-hydrogen) atoms. The van der Waals surface area contributed by atoms with Crippen LogP contribution in [0.25, 0.3) is 0 Å². The summed E-state index contributed by atoms with van der Waals surface area (Å²) in [5.41, 5.74) is -0.159. The van der Waals surface area contributed by atoms with Crippen LogP contribution in [0.5, 0.6) is 5.75 Å². The first kappa shape index (κ1) is 17.3. The summed E-state index contributed by atoms with van der Waals surface area (Å²) in [6.07, 6.45) is 0.408. The zero-order chi connectivity index (χ0) is 18.1. The average molecular weight is 360 g/mol. The van der Waals surface area contributed by atoms with E-state index >= 15 is 0 Å².